The fourth-order valence-corrected chi connectivity index (χ4v) is 2.31. The molecule has 1 aromatic carbocycles. The van der Waals surface area contributed by atoms with E-state index >= 15 is 0 Å². The van der Waals surface area contributed by atoms with Gasteiger partial charge in [0.05, 0.1) is 13.2 Å². The number of rotatable bonds is 4. The van der Waals surface area contributed by atoms with E-state index in [0.717, 1.165) is 6.42 Å². The number of likely N-dealkylation sites (tertiary alicyclic amines) is 1. The van der Waals surface area contributed by atoms with Crippen LogP contribution in [0.5, 0.6) is 11.5 Å². The van der Waals surface area contributed by atoms with Crippen LogP contribution in [-0.2, 0) is 0 Å². The van der Waals surface area contributed by atoms with Gasteiger partial charge in [0.2, 0.25) is 0 Å². The molecule has 0 radical (unpaired) electrons. The second-order valence-electron chi connectivity index (χ2n) is 5.33. The zero-order valence-corrected chi connectivity index (χ0v) is 13.5. The number of methoxy groups -OCH3 is 1. The lowest BCUT2D eigenvalue weighted by Gasteiger charge is -2.18. The monoisotopic (exact) mass is 314 g/mol. The summed E-state index contributed by atoms with van der Waals surface area (Å²) < 4.78 is 10.9. The van der Waals surface area contributed by atoms with Crippen molar-refractivity contribution in [1.82, 2.24) is 4.90 Å². The summed E-state index contributed by atoms with van der Waals surface area (Å²) in [6.45, 7) is 5.23. The van der Waals surface area contributed by atoms with Gasteiger partial charge in [-0.1, -0.05) is 0 Å². The molecular formula is C15H23ClN2O3. The molecule has 2 rings (SSSR count). The molecule has 1 fully saturated rings. The molecule has 0 spiro atoms. The van der Waals surface area contributed by atoms with Crippen LogP contribution in [0.15, 0.2) is 18.2 Å². The van der Waals surface area contributed by atoms with Gasteiger partial charge < -0.3 is 20.1 Å². The molecule has 1 saturated heterocycles. The highest BCUT2D eigenvalue weighted by Crippen LogP contribution is 2.29. The molecule has 0 bridgehead atoms. The molecule has 1 aliphatic heterocycles. The summed E-state index contributed by atoms with van der Waals surface area (Å²) in [5, 5.41) is 0. The Morgan fingerprint density at radius 2 is 2.10 bits per heavy atom. The molecule has 0 saturated carbocycles. The number of carbonyl (C=O) groups excluding carboxylic acids is 1. The highest BCUT2D eigenvalue weighted by molar-refractivity contribution is 5.95. The molecule has 2 N–H and O–H groups in total. The topological polar surface area (TPSA) is 64.8 Å². The maximum atomic E-state index is 12.4. The number of hydrogen-bond acceptors (Lipinski definition) is 4. The zero-order valence-electron chi connectivity index (χ0n) is 12.7. The number of hydrogen-bond donors (Lipinski definition) is 1. The fraction of sp³-hybridized carbons (Fsp3) is 0.533. The number of nitrogens with zero attached hydrogens (tertiary/aromatic N) is 1. The molecule has 1 heterocycles. The van der Waals surface area contributed by atoms with E-state index in [1.807, 2.05) is 13.8 Å². The standard InChI is InChI=1S/C15H22N2O3.ClH/c1-10(2)20-13-5-4-11(8-14(13)19-3)15(18)17-7-6-12(16)9-17;/h4-5,8,10,12H,6-7,9,16H2,1-3H3;1H. The van der Waals surface area contributed by atoms with Crippen molar-refractivity contribution in [3.05, 3.63) is 23.8 Å². The van der Waals surface area contributed by atoms with Crippen LogP contribution in [0.3, 0.4) is 0 Å². The van der Waals surface area contributed by atoms with Crippen LogP contribution >= 0.6 is 12.4 Å². The molecule has 21 heavy (non-hydrogen) atoms. The Morgan fingerprint density at radius 3 is 2.62 bits per heavy atom. The Balaban J connectivity index is 0.00000220. The highest BCUT2D eigenvalue weighted by Gasteiger charge is 2.25. The Bertz CT molecular complexity index is 494. The van der Waals surface area contributed by atoms with Crippen molar-refractivity contribution in [2.75, 3.05) is 20.2 Å². The van der Waals surface area contributed by atoms with Crippen molar-refractivity contribution >= 4 is 18.3 Å². The normalized spacial score (nSPS) is 17.6. The summed E-state index contributed by atoms with van der Waals surface area (Å²) in [5.41, 5.74) is 6.44. The molecular weight excluding hydrogens is 292 g/mol. The number of nitrogens with two attached hydrogens (primary N) is 1. The summed E-state index contributed by atoms with van der Waals surface area (Å²) in [6.07, 6.45) is 0.916. The first-order valence-corrected chi connectivity index (χ1v) is 6.90. The number of amides is 1. The third-order valence-corrected chi connectivity index (χ3v) is 3.29. The van der Waals surface area contributed by atoms with Crippen molar-refractivity contribution < 1.29 is 14.3 Å². The van der Waals surface area contributed by atoms with Gasteiger partial charge in [0.1, 0.15) is 0 Å². The SMILES string of the molecule is COc1cc(C(=O)N2CCC(N)C2)ccc1OC(C)C.Cl. The van der Waals surface area contributed by atoms with Crippen molar-refractivity contribution in [2.45, 2.75) is 32.4 Å². The minimum atomic E-state index is -0.00709. The van der Waals surface area contributed by atoms with E-state index in [0.29, 0.717) is 30.2 Å². The minimum absolute atomic E-state index is 0. The van der Waals surface area contributed by atoms with Gasteiger partial charge in [0, 0.05) is 24.7 Å². The summed E-state index contributed by atoms with van der Waals surface area (Å²) in [7, 11) is 1.57. The first-order chi connectivity index (χ1) is 9.51. The lowest BCUT2D eigenvalue weighted by molar-refractivity contribution is 0.0790. The smallest absolute Gasteiger partial charge is 0.254 e. The minimum Gasteiger partial charge on any atom is -0.493 e. The molecule has 0 aromatic heterocycles. The fourth-order valence-electron chi connectivity index (χ4n) is 2.31. The number of benzene rings is 1. The average molecular weight is 315 g/mol. The molecule has 1 atom stereocenters. The predicted molar refractivity (Wildman–Crippen MR) is 84.5 cm³/mol. The largest absolute Gasteiger partial charge is 0.493 e. The first kappa shape index (κ1) is 17.6. The van der Waals surface area contributed by atoms with Crippen LogP contribution in [0.25, 0.3) is 0 Å². The van der Waals surface area contributed by atoms with Gasteiger partial charge in [0.25, 0.3) is 5.91 Å². The lowest BCUT2D eigenvalue weighted by Crippen LogP contribution is -2.31. The van der Waals surface area contributed by atoms with Gasteiger partial charge in [-0.2, -0.15) is 0 Å². The molecule has 1 unspecified atom stereocenters. The summed E-state index contributed by atoms with van der Waals surface area (Å²) in [6, 6.07) is 5.36. The molecule has 118 valence electrons. The maximum Gasteiger partial charge on any atom is 0.254 e. The highest BCUT2D eigenvalue weighted by atomic mass is 35.5. The van der Waals surface area contributed by atoms with Gasteiger partial charge in [-0.3, -0.25) is 4.79 Å². The number of carbonyl (C=O) groups is 1. The van der Waals surface area contributed by atoms with Gasteiger partial charge in [-0.05, 0) is 38.5 Å². The zero-order chi connectivity index (χ0) is 14.7. The van der Waals surface area contributed by atoms with Gasteiger partial charge in [0.15, 0.2) is 11.5 Å². The van der Waals surface area contributed by atoms with E-state index in [1.54, 1.807) is 30.2 Å². The van der Waals surface area contributed by atoms with Crippen LogP contribution in [0.2, 0.25) is 0 Å². The van der Waals surface area contributed by atoms with Crippen LogP contribution < -0.4 is 15.2 Å². The second-order valence-corrected chi connectivity index (χ2v) is 5.33. The summed E-state index contributed by atoms with van der Waals surface area (Å²) in [5.74, 6) is 1.22. The average Bonchev–Trinajstić information content (AvgIpc) is 2.84. The molecule has 5 nitrogen and oxygen atoms in total. The number of halogens is 1. The third-order valence-electron chi connectivity index (χ3n) is 3.29. The van der Waals surface area contributed by atoms with E-state index in [9.17, 15) is 4.79 Å². The van der Waals surface area contributed by atoms with Crippen molar-refractivity contribution in [3.8, 4) is 11.5 Å². The Morgan fingerprint density at radius 1 is 1.38 bits per heavy atom. The van der Waals surface area contributed by atoms with Crippen LogP contribution in [-0.4, -0.2) is 43.2 Å². The first-order valence-electron chi connectivity index (χ1n) is 6.90. The Kier molecular flexibility index (Phi) is 6.30. The van der Waals surface area contributed by atoms with Crippen molar-refractivity contribution in [1.29, 1.82) is 0 Å². The molecule has 0 aliphatic carbocycles. The summed E-state index contributed by atoms with van der Waals surface area (Å²) >= 11 is 0. The van der Waals surface area contributed by atoms with Crippen molar-refractivity contribution in [2.24, 2.45) is 5.73 Å². The van der Waals surface area contributed by atoms with Crippen molar-refractivity contribution in [3.63, 3.8) is 0 Å². The predicted octanol–water partition coefficient (Wildman–Crippen LogP) is 2.08. The van der Waals surface area contributed by atoms with Gasteiger partial charge in [-0.15, -0.1) is 12.4 Å². The van der Waals surface area contributed by atoms with E-state index in [1.165, 1.54) is 0 Å². The quantitative estimate of drug-likeness (QED) is 0.924. The Labute approximate surface area is 131 Å². The van der Waals surface area contributed by atoms with Crippen LogP contribution in [0.4, 0.5) is 0 Å². The Hall–Kier alpha value is -1.46. The third kappa shape index (κ3) is 4.25. The number of ether oxygens (including phenoxy) is 2. The molecule has 6 heteroatoms. The van der Waals surface area contributed by atoms with E-state index in [4.69, 9.17) is 15.2 Å². The van der Waals surface area contributed by atoms with E-state index < -0.39 is 0 Å². The lowest BCUT2D eigenvalue weighted by atomic mass is 10.1. The van der Waals surface area contributed by atoms with E-state index in [-0.39, 0.29) is 30.5 Å². The molecule has 1 aromatic rings. The molecule has 1 aliphatic rings. The van der Waals surface area contributed by atoms with Crippen LogP contribution in [0.1, 0.15) is 30.6 Å². The van der Waals surface area contributed by atoms with Crippen LogP contribution in [0, 0.1) is 0 Å². The van der Waals surface area contributed by atoms with Gasteiger partial charge >= 0.3 is 0 Å². The van der Waals surface area contributed by atoms with Gasteiger partial charge in [-0.25, -0.2) is 0 Å². The molecule has 1 amide bonds. The summed E-state index contributed by atoms with van der Waals surface area (Å²) in [4.78, 5) is 14.1. The second kappa shape index (κ2) is 7.52. The van der Waals surface area contributed by atoms with E-state index in [2.05, 4.69) is 0 Å². The maximum absolute atomic E-state index is 12.4.